The first-order chi connectivity index (χ1) is 16.4. The summed E-state index contributed by atoms with van der Waals surface area (Å²) < 4.78 is 33.4. The number of piperidine rings is 1. The first-order valence-corrected chi connectivity index (χ1v) is 13.5. The van der Waals surface area contributed by atoms with Gasteiger partial charge in [-0.15, -0.1) is 11.3 Å². The molecule has 11 heteroatoms. The number of benzene rings is 1. The van der Waals surface area contributed by atoms with Crippen LogP contribution >= 0.6 is 11.3 Å². The minimum Gasteiger partial charge on any atom is -0.339 e. The molecule has 9 nitrogen and oxygen atoms in total. The number of hydrogen-bond donors (Lipinski definition) is 1. The van der Waals surface area contributed by atoms with Crippen LogP contribution in [-0.2, 0) is 14.8 Å². The van der Waals surface area contributed by atoms with Crippen molar-refractivity contribution in [3.63, 3.8) is 0 Å². The lowest BCUT2D eigenvalue weighted by Gasteiger charge is -2.30. The van der Waals surface area contributed by atoms with Gasteiger partial charge in [-0.1, -0.05) is 11.6 Å². The van der Waals surface area contributed by atoms with Gasteiger partial charge in [0.25, 0.3) is 10.0 Å². The van der Waals surface area contributed by atoms with Crippen molar-refractivity contribution in [2.75, 3.05) is 18.4 Å². The standard InChI is InChI=1S/C23H23N5O4S2/c24-13-15-4-6-19(7-5-15)25-22(29)16-8-10-28(11-9-16)34(30,31)20-12-18(14-33-20)21-26-23(32-27-21)17-2-1-3-17/h4-7,12,14,16-17H,1-3,8-11H2,(H,25,29). The van der Waals surface area contributed by atoms with Gasteiger partial charge in [-0.05, 0) is 56.0 Å². The average Bonchev–Trinajstić information content (AvgIpc) is 3.49. The number of carbonyl (C=O) groups excluding carboxylic acids is 1. The highest BCUT2D eigenvalue weighted by Gasteiger charge is 2.33. The van der Waals surface area contributed by atoms with Crippen LogP contribution in [0, 0.1) is 17.2 Å². The number of sulfonamides is 1. The Morgan fingerprint density at radius 3 is 2.56 bits per heavy atom. The van der Waals surface area contributed by atoms with Crippen molar-refractivity contribution in [1.82, 2.24) is 14.4 Å². The number of hydrogen-bond acceptors (Lipinski definition) is 8. The molecule has 0 spiro atoms. The molecule has 34 heavy (non-hydrogen) atoms. The molecule has 2 fully saturated rings. The molecule has 1 aliphatic heterocycles. The summed E-state index contributed by atoms with van der Waals surface area (Å²) in [5.74, 6) is 0.944. The summed E-state index contributed by atoms with van der Waals surface area (Å²) in [5, 5.41) is 17.5. The molecule has 1 saturated heterocycles. The van der Waals surface area contributed by atoms with Crippen molar-refractivity contribution < 1.29 is 17.7 Å². The fourth-order valence-corrected chi connectivity index (χ4v) is 6.88. The highest BCUT2D eigenvalue weighted by atomic mass is 32.2. The second-order valence-electron chi connectivity index (χ2n) is 8.60. The molecule has 176 valence electrons. The molecule has 1 aliphatic carbocycles. The van der Waals surface area contributed by atoms with Crippen molar-refractivity contribution in [2.24, 2.45) is 5.92 Å². The first kappa shape index (κ1) is 22.7. The number of amides is 1. The lowest BCUT2D eigenvalue weighted by molar-refractivity contribution is -0.120. The molecule has 0 radical (unpaired) electrons. The monoisotopic (exact) mass is 497 g/mol. The van der Waals surface area contributed by atoms with E-state index in [1.807, 2.05) is 6.07 Å². The maximum Gasteiger partial charge on any atom is 0.252 e. The van der Waals surface area contributed by atoms with Gasteiger partial charge in [0, 0.05) is 41.6 Å². The summed E-state index contributed by atoms with van der Waals surface area (Å²) in [6.45, 7) is 0.546. The van der Waals surface area contributed by atoms with E-state index in [1.54, 1.807) is 35.7 Å². The zero-order valence-corrected chi connectivity index (χ0v) is 19.9. The zero-order chi connectivity index (χ0) is 23.7. The Morgan fingerprint density at radius 2 is 1.91 bits per heavy atom. The summed E-state index contributed by atoms with van der Waals surface area (Å²) >= 11 is 1.14. The highest BCUT2D eigenvalue weighted by molar-refractivity contribution is 7.91. The number of carbonyl (C=O) groups is 1. The average molecular weight is 498 g/mol. The molecule has 3 heterocycles. The lowest BCUT2D eigenvalue weighted by atomic mass is 9.85. The SMILES string of the molecule is N#Cc1ccc(NC(=O)C2CCN(S(=O)(=O)c3cc(-c4noc(C5CCC5)n4)cs3)CC2)cc1. The Labute approximate surface area is 201 Å². The largest absolute Gasteiger partial charge is 0.339 e. The Hall–Kier alpha value is -3.07. The molecular formula is C23H23N5O4S2. The molecule has 2 aromatic heterocycles. The molecule has 2 aliphatic rings. The predicted octanol–water partition coefficient (Wildman–Crippen LogP) is 3.98. The fraction of sp³-hybridized carbons (Fsp3) is 0.391. The molecule has 3 aromatic rings. The summed E-state index contributed by atoms with van der Waals surface area (Å²) in [4.78, 5) is 17.1. The van der Waals surface area contributed by atoms with Crippen LogP contribution in [0.3, 0.4) is 0 Å². The lowest BCUT2D eigenvalue weighted by Crippen LogP contribution is -2.41. The third kappa shape index (κ3) is 4.49. The van der Waals surface area contributed by atoms with Gasteiger partial charge in [0.2, 0.25) is 17.6 Å². The third-order valence-electron chi connectivity index (χ3n) is 6.43. The number of aromatic nitrogens is 2. The van der Waals surface area contributed by atoms with E-state index in [0.29, 0.717) is 47.3 Å². The van der Waals surface area contributed by atoms with Crippen molar-refractivity contribution in [2.45, 2.75) is 42.2 Å². The summed E-state index contributed by atoms with van der Waals surface area (Å²) in [6, 6.07) is 10.3. The topological polar surface area (TPSA) is 129 Å². The maximum absolute atomic E-state index is 13.2. The second kappa shape index (κ2) is 9.29. The molecule has 5 rings (SSSR count). The quantitative estimate of drug-likeness (QED) is 0.545. The van der Waals surface area contributed by atoms with Gasteiger partial charge in [0.15, 0.2) is 0 Å². The molecule has 1 amide bonds. The van der Waals surface area contributed by atoms with Crippen molar-refractivity contribution in [1.29, 1.82) is 5.26 Å². The molecule has 1 saturated carbocycles. The Morgan fingerprint density at radius 1 is 1.18 bits per heavy atom. The number of anilines is 1. The van der Waals surface area contributed by atoms with E-state index < -0.39 is 10.0 Å². The minimum absolute atomic E-state index is 0.139. The van der Waals surface area contributed by atoms with Gasteiger partial charge in [-0.25, -0.2) is 8.42 Å². The van der Waals surface area contributed by atoms with Crippen LogP contribution < -0.4 is 5.32 Å². The number of nitriles is 1. The van der Waals surface area contributed by atoms with Gasteiger partial charge in [-0.3, -0.25) is 4.79 Å². The van der Waals surface area contributed by atoms with Crippen molar-refractivity contribution >= 4 is 33.0 Å². The molecule has 1 aromatic carbocycles. The van der Waals surface area contributed by atoms with Crippen molar-refractivity contribution in [3.8, 4) is 17.5 Å². The third-order valence-corrected chi connectivity index (χ3v) is 9.74. The van der Waals surface area contributed by atoms with Gasteiger partial charge in [-0.2, -0.15) is 14.6 Å². The zero-order valence-electron chi connectivity index (χ0n) is 18.3. The molecule has 0 unspecified atom stereocenters. The first-order valence-electron chi connectivity index (χ1n) is 11.2. The molecule has 0 atom stereocenters. The predicted molar refractivity (Wildman–Crippen MR) is 125 cm³/mol. The summed E-state index contributed by atoms with van der Waals surface area (Å²) in [6.07, 6.45) is 4.14. The van der Waals surface area contributed by atoms with Gasteiger partial charge < -0.3 is 9.84 Å². The van der Waals surface area contributed by atoms with E-state index in [0.717, 1.165) is 30.6 Å². The Balaban J connectivity index is 1.20. The molecular weight excluding hydrogens is 474 g/mol. The van der Waals surface area contributed by atoms with E-state index >= 15 is 0 Å². The van der Waals surface area contributed by atoms with E-state index in [2.05, 4.69) is 15.5 Å². The fourth-order valence-electron chi connectivity index (χ4n) is 4.10. The van der Waals surface area contributed by atoms with Crippen LogP contribution in [0.1, 0.15) is 49.5 Å². The van der Waals surface area contributed by atoms with Crippen LogP contribution in [0.15, 0.2) is 44.4 Å². The summed E-state index contributed by atoms with van der Waals surface area (Å²) in [7, 11) is -3.66. The normalized spacial score (nSPS) is 17.7. The second-order valence-corrected chi connectivity index (χ2v) is 11.7. The van der Waals surface area contributed by atoms with Crippen LogP contribution in [0.4, 0.5) is 5.69 Å². The van der Waals surface area contributed by atoms with E-state index in [1.165, 1.54) is 4.31 Å². The minimum atomic E-state index is -3.66. The Bertz CT molecular complexity index is 1330. The number of nitrogens with one attached hydrogen (secondary N) is 1. The van der Waals surface area contributed by atoms with E-state index in [4.69, 9.17) is 9.78 Å². The molecule has 1 N–H and O–H groups in total. The maximum atomic E-state index is 13.2. The summed E-state index contributed by atoms with van der Waals surface area (Å²) in [5.41, 5.74) is 1.77. The smallest absolute Gasteiger partial charge is 0.252 e. The van der Waals surface area contributed by atoms with Gasteiger partial charge in [0.1, 0.15) is 4.21 Å². The van der Waals surface area contributed by atoms with Crippen LogP contribution in [-0.4, -0.2) is 41.9 Å². The van der Waals surface area contributed by atoms with Crippen LogP contribution in [0.5, 0.6) is 0 Å². The van der Waals surface area contributed by atoms with E-state index in [-0.39, 0.29) is 29.1 Å². The number of thiophene rings is 1. The highest BCUT2D eigenvalue weighted by Crippen LogP contribution is 2.37. The van der Waals surface area contributed by atoms with Gasteiger partial charge >= 0.3 is 0 Å². The number of rotatable bonds is 6. The van der Waals surface area contributed by atoms with E-state index in [9.17, 15) is 13.2 Å². The molecule has 0 bridgehead atoms. The number of nitrogens with zero attached hydrogens (tertiary/aromatic N) is 4. The van der Waals surface area contributed by atoms with Crippen LogP contribution in [0.2, 0.25) is 0 Å². The van der Waals surface area contributed by atoms with Gasteiger partial charge in [0.05, 0.1) is 11.6 Å². The van der Waals surface area contributed by atoms with Crippen LogP contribution in [0.25, 0.3) is 11.4 Å². The van der Waals surface area contributed by atoms with Crippen molar-refractivity contribution in [3.05, 3.63) is 47.2 Å². The Kier molecular flexibility index (Phi) is 6.20.